The van der Waals surface area contributed by atoms with E-state index >= 15 is 0 Å². The van der Waals surface area contributed by atoms with Crippen molar-refractivity contribution in [2.45, 2.75) is 65.1 Å². The minimum absolute atomic E-state index is 0.175. The van der Waals surface area contributed by atoms with Crippen molar-refractivity contribution < 1.29 is 19.4 Å². The van der Waals surface area contributed by atoms with Crippen molar-refractivity contribution in [1.82, 2.24) is 4.90 Å². The molecule has 0 radical (unpaired) electrons. The van der Waals surface area contributed by atoms with Gasteiger partial charge in [0.15, 0.2) is 0 Å². The van der Waals surface area contributed by atoms with Crippen LogP contribution >= 0.6 is 0 Å². The fourth-order valence-corrected chi connectivity index (χ4v) is 2.18. The molecule has 1 aliphatic heterocycles. The van der Waals surface area contributed by atoms with Crippen LogP contribution in [0.4, 0.5) is 4.79 Å². The molecule has 1 atom stereocenters. The summed E-state index contributed by atoms with van der Waals surface area (Å²) < 4.78 is 5.33. The van der Waals surface area contributed by atoms with E-state index in [1.165, 1.54) is 0 Å². The zero-order chi connectivity index (χ0) is 15.6. The predicted molar refractivity (Wildman–Crippen MR) is 76.5 cm³/mol. The van der Waals surface area contributed by atoms with Crippen molar-refractivity contribution in [1.29, 1.82) is 0 Å². The van der Waals surface area contributed by atoms with Crippen LogP contribution in [0, 0.1) is 5.92 Å². The van der Waals surface area contributed by atoms with Crippen molar-refractivity contribution in [3.63, 3.8) is 0 Å². The van der Waals surface area contributed by atoms with Crippen LogP contribution in [-0.4, -0.2) is 46.2 Å². The van der Waals surface area contributed by atoms with Gasteiger partial charge in [-0.3, -0.25) is 4.79 Å². The van der Waals surface area contributed by atoms with Gasteiger partial charge in [0, 0.05) is 25.4 Å². The minimum atomic E-state index is -0.783. The first-order valence-corrected chi connectivity index (χ1v) is 7.21. The molecule has 1 amide bonds. The summed E-state index contributed by atoms with van der Waals surface area (Å²) in [5.41, 5.74) is -1.31. The van der Waals surface area contributed by atoms with Crippen LogP contribution in [0.3, 0.4) is 0 Å². The van der Waals surface area contributed by atoms with Crippen LogP contribution < -0.4 is 0 Å². The van der Waals surface area contributed by atoms with Crippen LogP contribution in [0.25, 0.3) is 0 Å². The van der Waals surface area contributed by atoms with E-state index in [4.69, 9.17) is 4.74 Å². The summed E-state index contributed by atoms with van der Waals surface area (Å²) in [5.74, 6) is -0.0169. The lowest BCUT2D eigenvalue weighted by atomic mass is 9.88. The number of rotatable bonds is 3. The Morgan fingerprint density at radius 2 is 1.95 bits per heavy atom. The summed E-state index contributed by atoms with van der Waals surface area (Å²) in [6, 6.07) is 0. The third-order valence-corrected chi connectivity index (χ3v) is 3.28. The molecule has 0 bridgehead atoms. The Hall–Kier alpha value is -1.10. The number of hydrogen-bond acceptors (Lipinski definition) is 4. The largest absolute Gasteiger partial charge is 0.444 e. The van der Waals surface area contributed by atoms with E-state index in [1.54, 1.807) is 18.7 Å². The van der Waals surface area contributed by atoms with Gasteiger partial charge < -0.3 is 14.7 Å². The monoisotopic (exact) mass is 285 g/mol. The maximum Gasteiger partial charge on any atom is 0.410 e. The van der Waals surface area contributed by atoms with Crippen LogP contribution in [0.2, 0.25) is 0 Å². The molecule has 5 heteroatoms. The number of nitrogens with zero attached hydrogens (tertiary/aromatic N) is 1. The molecule has 1 N–H and O–H groups in total. The van der Waals surface area contributed by atoms with E-state index in [0.29, 0.717) is 32.4 Å². The number of carbonyl (C=O) groups is 2. The molecule has 0 aromatic rings. The Morgan fingerprint density at radius 1 is 1.35 bits per heavy atom. The predicted octanol–water partition coefficient (Wildman–Crippen LogP) is 2.36. The summed E-state index contributed by atoms with van der Waals surface area (Å²) in [5, 5.41) is 9.75. The summed E-state index contributed by atoms with van der Waals surface area (Å²) in [7, 11) is 0. The molecule has 1 aliphatic rings. The number of aliphatic hydroxyl groups is 1. The van der Waals surface area contributed by atoms with Crippen LogP contribution in [0.5, 0.6) is 0 Å². The number of hydrogen-bond donors (Lipinski definition) is 1. The van der Waals surface area contributed by atoms with Gasteiger partial charge >= 0.3 is 6.09 Å². The van der Waals surface area contributed by atoms with Crippen molar-refractivity contribution in [2.75, 3.05) is 13.1 Å². The Kier molecular flexibility index (Phi) is 5.19. The van der Waals surface area contributed by atoms with E-state index in [2.05, 4.69) is 0 Å². The van der Waals surface area contributed by atoms with Gasteiger partial charge in [0.05, 0.1) is 5.60 Å². The summed E-state index contributed by atoms with van der Waals surface area (Å²) >= 11 is 0. The first-order chi connectivity index (χ1) is 8.98. The van der Waals surface area contributed by atoms with E-state index in [-0.39, 0.29) is 17.8 Å². The highest BCUT2D eigenvalue weighted by Gasteiger charge is 2.32. The van der Waals surface area contributed by atoms with E-state index in [1.807, 2.05) is 20.8 Å². The molecular formula is C15H27NO4. The lowest BCUT2D eigenvalue weighted by molar-refractivity contribution is -0.126. The van der Waals surface area contributed by atoms with Crippen molar-refractivity contribution in [3.05, 3.63) is 0 Å². The minimum Gasteiger partial charge on any atom is -0.444 e. The first-order valence-electron chi connectivity index (χ1n) is 7.21. The van der Waals surface area contributed by atoms with E-state index < -0.39 is 11.2 Å². The lowest BCUT2D eigenvalue weighted by Gasteiger charge is -2.34. The Labute approximate surface area is 121 Å². The molecule has 1 heterocycles. The highest BCUT2D eigenvalue weighted by Crippen LogP contribution is 2.23. The number of carbonyl (C=O) groups excluding carboxylic acids is 2. The normalized spacial score (nSPS) is 21.0. The molecule has 20 heavy (non-hydrogen) atoms. The molecule has 0 spiro atoms. The van der Waals surface area contributed by atoms with Crippen molar-refractivity contribution >= 4 is 11.9 Å². The quantitative estimate of drug-likeness (QED) is 0.864. The second kappa shape index (κ2) is 6.12. The second-order valence-corrected chi connectivity index (χ2v) is 7.19. The van der Waals surface area contributed by atoms with Crippen LogP contribution in [0.1, 0.15) is 53.9 Å². The average Bonchev–Trinajstić information content (AvgIpc) is 2.24. The van der Waals surface area contributed by atoms with Gasteiger partial charge in [-0.15, -0.1) is 0 Å². The van der Waals surface area contributed by atoms with Gasteiger partial charge in [0.1, 0.15) is 11.4 Å². The zero-order valence-electron chi connectivity index (χ0n) is 13.2. The summed E-state index contributed by atoms with van der Waals surface area (Å²) in [6.07, 6.45) is 1.15. The van der Waals surface area contributed by atoms with E-state index in [9.17, 15) is 14.7 Å². The van der Waals surface area contributed by atoms with Gasteiger partial charge in [0.25, 0.3) is 0 Å². The molecule has 1 unspecified atom stereocenters. The molecule has 0 aliphatic carbocycles. The third kappa shape index (κ3) is 5.90. The fraction of sp³-hybridized carbons (Fsp3) is 0.867. The zero-order valence-corrected chi connectivity index (χ0v) is 13.2. The molecule has 1 saturated heterocycles. The molecule has 116 valence electrons. The number of piperidine rings is 1. The molecule has 1 rings (SSSR count). The number of Topliss-reactive ketones (excluding diaryl/α,β-unsaturated/α-hetero) is 1. The van der Waals surface area contributed by atoms with Gasteiger partial charge in [-0.25, -0.2) is 4.79 Å². The molecule has 1 fully saturated rings. The Bertz CT molecular complexity index is 365. The molecule has 0 saturated carbocycles. The first kappa shape index (κ1) is 17.0. The number of ether oxygens (including phenoxy) is 1. The topological polar surface area (TPSA) is 66.8 Å². The van der Waals surface area contributed by atoms with Gasteiger partial charge in [0.2, 0.25) is 0 Å². The van der Waals surface area contributed by atoms with Crippen LogP contribution in [-0.2, 0) is 9.53 Å². The molecule has 5 nitrogen and oxygen atoms in total. The third-order valence-electron chi connectivity index (χ3n) is 3.28. The Morgan fingerprint density at radius 3 is 2.45 bits per heavy atom. The second-order valence-electron chi connectivity index (χ2n) is 7.19. The molecular weight excluding hydrogens is 258 g/mol. The van der Waals surface area contributed by atoms with Crippen molar-refractivity contribution in [3.8, 4) is 0 Å². The molecule has 0 aromatic heterocycles. The summed E-state index contributed by atoms with van der Waals surface area (Å²) in [4.78, 5) is 25.5. The Balaban J connectivity index is 2.57. The lowest BCUT2D eigenvalue weighted by Crippen LogP contribution is -2.46. The number of likely N-dealkylation sites (tertiary alicyclic amines) is 1. The highest BCUT2D eigenvalue weighted by atomic mass is 16.6. The SMILES string of the molecule is CC(C)(O)CCC1CN(C(=O)OC(C)(C)C)CCC1=O. The van der Waals surface area contributed by atoms with Gasteiger partial charge in [-0.1, -0.05) is 0 Å². The maximum absolute atomic E-state index is 12.0. The van der Waals surface area contributed by atoms with Crippen molar-refractivity contribution in [2.24, 2.45) is 5.92 Å². The van der Waals surface area contributed by atoms with Crippen LogP contribution in [0.15, 0.2) is 0 Å². The van der Waals surface area contributed by atoms with Gasteiger partial charge in [-0.05, 0) is 47.5 Å². The van der Waals surface area contributed by atoms with E-state index in [0.717, 1.165) is 0 Å². The fourth-order valence-electron chi connectivity index (χ4n) is 2.18. The average molecular weight is 285 g/mol. The number of amides is 1. The molecule has 0 aromatic carbocycles. The smallest absolute Gasteiger partial charge is 0.410 e. The highest BCUT2D eigenvalue weighted by molar-refractivity contribution is 5.84. The maximum atomic E-state index is 12.0. The summed E-state index contributed by atoms with van der Waals surface area (Å²) in [6.45, 7) is 9.75. The van der Waals surface area contributed by atoms with Gasteiger partial charge in [-0.2, -0.15) is 0 Å². The number of ketones is 1. The standard InChI is InChI=1S/C15H27NO4/c1-14(2,3)20-13(18)16-9-7-12(17)11(10-16)6-8-15(4,5)19/h11,19H,6-10H2,1-5H3.